The first kappa shape index (κ1) is 10.1. The van der Waals surface area contributed by atoms with E-state index >= 15 is 0 Å². The van der Waals surface area contributed by atoms with Crippen molar-refractivity contribution in [2.75, 3.05) is 0 Å². The van der Waals surface area contributed by atoms with Crippen LogP contribution in [0.4, 0.5) is 0 Å². The van der Waals surface area contributed by atoms with Gasteiger partial charge in [-0.3, -0.25) is 0 Å². The number of hydrogen-bond donors (Lipinski definition) is 0. The van der Waals surface area contributed by atoms with Gasteiger partial charge < -0.3 is 0 Å². The van der Waals surface area contributed by atoms with E-state index in [1.807, 2.05) is 6.92 Å². The van der Waals surface area contributed by atoms with Gasteiger partial charge in [-0.05, 0) is 44.6 Å². The molecule has 0 radical (unpaired) electrons. The first-order valence-electron chi connectivity index (χ1n) is 4.98. The zero-order valence-corrected chi connectivity index (χ0v) is 8.91. The molecular weight excluding hydrogens is 156 g/mol. The van der Waals surface area contributed by atoms with Crippen molar-refractivity contribution in [1.29, 1.82) is 0 Å². The van der Waals surface area contributed by atoms with Gasteiger partial charge in [-0.1, -0.05) is 30.9 Å². The smallest absolute Gasteiger partial charge is 0.00414 e. The van der Waals surface area contributed by atoms with Crippen LogP contribution in [0, 0.1) is 17.8 Å². The summed E-state index contributed by atoms with van der Waals surface area (Å²) in [6, 6.07) is 0. The summed E-state index contributed by atoms with van der Waals surface area (Å²) in [7, 11) is 0. The minimum Gasteiger partial charge on any atom is -0.0877 e. The van der Waals surface area contributed by atoms with E-state index in [0.29, 0.717) is 5.92 Å². The molecule has 0 bridgehead atoms. The van der Waals surface area contributed by atoms with E-state index in [9.17, 15) is 0 Å². The predicted molar refractivity (Wildman–Crippen MR) is 58.3 cm³/mol. The summed E-state index contributed by atoms with van der Waals surface area (Å²) >= 11 is 0. The minimum absolute atomic E-state index is 0.653. The molecule has 0 heterocycles. The van der Waals surface area contributed by atoms with Crippen molar-refractivity contribution >= 4 is 0 Å². The Morgan fingerprint density at radius 1 is 1.54 bits per heavy atom. The van der Waals surface area contributed by atoms with Crippen LogP contribution in [0.5, 0.6) is 0 Å². The maximum absolute atomic E-state index is 3.79. The van der Waals surface area contributed by atoms with Crippen molar-refractivity contribution in [1.82, 2.24) is 0 Å². The topological polar surface area (TPSA) is 0 Å². The number of hydrogen-bond acceptors (Lipinski definition) is 0. The van der Waals surface area contributed by atoms with Crippen LogP contribution < -0.4 is 0 Å². The molecule has 0 N–H and O–H groups in total. The first-order chi connectivity index (χ1) is 6.11. The summed E-state index contributed by atoms with van der Waals surface area (Å²) in [6.45, 7) is 10.2. The summed E-state index contributed by atoms with van der Waals surface area (Å²) in [5.41, 5.74) is 3.79. The second kappa shape index (κ2) is 4.33. The summed E-state index contributed by atoms with van der Waals surface area (Å²) in [6.07, 6.45) is 3.84. The fourth-order valence-electron chi connectivity index (χ4n) is 1.78. The molecule has 0 aliphatic heterocycles. The van der Waals surface area contributed by atoms with Gasteiger partial charge in [0.15, 0.2) is 0 Å². The Kier molecular flexibility index (Phi) is 3.37. The van der Waals surface area contributed by atoms with Gasteiger partial charge in [0.05, 0.1) is 0 Å². The fraction of sp³-hybridized carbons (Fsp3) is 0.538. The molecule has 13 heavy (non-hydrogen) atoms. The van der Waals surface area contributed by atoms with Crippen LogP contribution in [0.15, 0.2) is 23.3 Å². The lowest BCUT2D eigenvalue weighted by atomic mass is 9.85. The van der Waals surface area contributed by atoms with Gasteiger partial charge in [0.1, 0.15) is 0 Å². The van der Waals surface area contributed by atoms with Crippen molar-refractivity contribution < 1.29 is 0 Å². The standard InChI is InChI=1S/C13H18/c1-10(2)8-9-13-11(3)6-5-7-12(13)4/h11H,1,5-7H2,2-4H3. The van der Waals surface area contributed by atoms with Gasteiger partial charge in [-0.25, -0.2) is 0 Å². The molecule has 70 valence electrons. The highest BCUT2D eigenvalue weighted by atomic mass is 14.2. The largest absolute Gasteiger partial charge is 0.0877 e. The van der Waals surface area contributed by atoms with Crippen molar-refractivity contribution in [3.05, 3.63) is 23.3 Å². The summed E-state index contributed by atoms with van der Waals surface area (Å²) < 4.78 is 0. The zero-order chi connectivity index (χ0) is 9.84. The van der Waals surface area contributed by atoms with E-state index in [0.717, 1.165) is 5.57 Å². The summed E-state index contributed by atoms with van der Waals surface area (Å²) in [4.78, 5) is 0. The van der Waals surface area contributed by atoms with Crippen molar-refractivity contribution in [3.8, 4) is 11.8 Å². The van der Waals surface area contributed by atoms with Gasteiger partial charge in [0.25, 0.3) is 0 Å². The van der Waals surface area contributed by atoms with Crippen molar-refractivity contribution in [3.63, 3.8) is 0 Å². The van der Waals surface area contributed by atoms with Crippen LogP contribution in [0.1, 0.15) is 40.0 Å². The van der Waals surface area contributed by atoms with Crippen LogP contribution >= 0.6 is 0 Å². The molecule has 1 atom stereocenters. The Balaban J connectivity index is 2.88. The van der Waals surface area contributed by atoms with E-state index in [2.05, 4.69) is 32.3 Å². The third-order valence-electron chi connectivity index (χ3n) is 2.55. The second-order valence-corrected chi connectivity index (χ2v) is 4.02. The van der Waals surface area contributed by atoms with Gasteiger partial charge in [-0.2, -0.15) is 0 Å². The van der Waals surface area contributed by atoms with E-state index in [1.165, 1.54) is 30.4 Å². The van der Waals surface area contributed by atoms with Crippen LogP contribution in [0.25, 0.3) is 0 Å². The van der Waals surface area contributed by atoms with E-state index < -0.39 is 0 Å². The lowest BCUT2D eigenvalue weighted by Gasteiger charge is -2.20. The Morgan fingerprint density at radius 2 is 2.23 bits per heavy atom. The molecule has 1 unspecified atom stereocenters. The third-order valence-corrected chi connectivity index (χ3v) is 2.55. The Hall–Kier alpha value is -0.960. The maximum Gasteiger partial charge on any atom is 0.00414 e. The predicted octanol–water partition coefficient (Wildman–Crippen LogP) is 3.70. The van der Waals surface area contributed by atoms with Gasteiger partial charge >= 0.3 is 0 Å². The van der Waals surface area contributed by atoms with E-state index in [1.54, 1.807) is 0 Å². The highest BCUT2D eigenvalue weighted by molar-refractivity contribution is 5.40. The highest BCUT2D eigenvalue weighted by Crippen LogP contribution is 2.28. The molecule has 0 saturated heterocycles. The molecule has 1 rings (SSSR count). The molecule has 0 saturated carbocycles. The maximum atomic E-state index is 3.79. The average molecular weight is 174 g/mol. The normalized spacial score (nSPS) is 22.2. The molecule has 0 heteroatoms. The quantitative estimate of drug-likeness (QED) is 0.491. The third kappa shape index (κ3) is 2.77. The highest BCUT2D eigenvalue weighted by Gasteiger charge is 2.14. The zero-order valence-electron chi connectivity index (χ0n) is 8.91. The van der Waals surface area contributed by atoms with Gasteiger partial charge in [0.2, 0.25) is 0 Å². The summed E-state index contributed by atoms with van der Waals surface area (Å²) in [5.74, 6) is 6.98. The fourth-order valence-corrected chi connectivity index (χ4v) is 1.78. The van der Waals surface area contributed by atoms with Crippen molar-refractivity contribution in [2.24, 2.45) is 5.92 Å². The number of allylic oxidation sites excluding steroid dienone is 3. The second-order valence-electron chi connectivity index (χ2n) is 4.02. The Labute approximate surface area is 81.7 Å². The lowest BCUT2D eigenvalue weighted by Crippen LogP contribution is -2.06. The Morgan fingerprint density at radius 3 is 2.77 bits per heavy atom. The van der Waals surface area contributed by atoms with Crippen LogP contribution in [0.2, 0.25) is 0 Å². The molecular formula is C13H18. The van der Waals surface area contributed by atoms with Crippen LogP contribution in [-0.2, 0) is 0 Å². The van der Waals surface area contributed by atoms with Crippen molar-refractivity contribution in [2.45, 2.75) is 40.0 Å². The minimum atomic E-state index is 0.653. The molecule has 0 spiro atoms. The molecule has 0 aromatic rings. The molecule has 0 nitrogen and oxygen atoms in total. The average Bonchev–Trinajstić information content (AvgIpc) is 2.03. The number of rotatable bonds is 0. The molecule has 1 aliphatic carbocycles. The SMILES string of the molecule is C=C(C)C#CC1=C(C)CCCC1C. The molecule has 0 fully saturated rings. The Bertz CT molecular complexity index is 294. The van der Waals surface area contributed by atoms with Crippen LogP contribution in [-0.4, -0.2) is 0 Å². The van der Waals surface area contributed by atoms with E-state index in [4.69, 9.17) is 0 Å². The lowest BCUT2D eigenvalue weighted by molar-refractivity contribution is 0.550. The first-order valence-corrected chi connectivity index (χ1v) is 4.98. The van der Waals surface area contributed by atoms with E-state index in [-0.39, 0.29) is 0 Å². The molecule has 0 aromatic carbocycles. The van der Waals surface area contributed by atoms with Gasteiger partial charge in [0, 0.05) is 5.57 Å². The monoisotopic (exact) mass is 174 g/mol. The molecule has 0 amide bonds. The van der Waals surface area contributed by atoms with Crippen LogP contribution in [0.3, 0.4) is 0 Å². The molecule has 0 aromatic heterocycles. The van der Waals surface area contributed by atoms with Gasteiger partial charge in [-0.15, -0.1) is 0 Å². The molecule has 1 aliphatic rings. The summed E-state index contributed by atoms with van der Waals surface area (Å²) in [5, 5.41) is 0.